The van der Waals surface area contributed by atoms with Gasteiger partial charge in [-0.25, -0.2) is 4.79 Å². The number of hydrogen-bond donors (Lipinski definition) is 0. The highest BCUT2D eigenvalue weighted by atomic mass is 32.1. The standard InChI is InChI=1S/C15H13NO3S2/c1-10-9-20-15(18)16(10)6-7-19-14(17)13-8-11-4-2-3-5-12(11)21-13/h2-5,8-9H,6-7H2,1H3. The van der Waals surface area contributed by atoms with Gasteiger partial charge in [0.15, 0.2) is 0 Å². The largest absolute Gasteiger partial charge is 0.460 e. The van der Waals surface area contributed by atoms with Gasteiger partial charge >= 0.3 is 10.8 Å². The number of thiazole rings is 1. The Morgan fingerprint density at radius 1 is 1.33 bits per heavy atom. The number of ether oxygens (including phenoxy) is 1. The zero-order valence-corrected chi connectivity index (χ0v) is 13.0. The molecule has 4 nitrogen and oxygen atoms in total. The lowest BCUT2D eigenvalue weighted by Crippen LogP contribution is -2.19. The molecule has 1 aromatic carbocycles. The van der Waals surface area contributed by atoms with Crippen LogP contribution in [0.2, 0.25) is 0 Å². The molecular weight excluding hydrogens is 306 g/mol. The van der Waals surface area contributed by atoms with E-state index in [2.05, 4.69) is 0 Å². The van der Waals surface area contributed by atoms with Crippen LogP contribution in [0, 0.1) is 6.92 Å². The normalized spacial score (nSPS) is 10.9. The summed E-state index contributed by atoms with van der Waals surface area (Å²) in [5.41, 5.74) is 0.892. The molecule has 0 atom stereocenters. The molecule has 0 aliphatic carbocycles. The average molecular weight is 319 g/mol. The number of rotatable bonds is 4. The van der Waals surface area contributed by atoms with Gasteiger partial charge in [0.2, 0.25) is 0 Å². The van der Waals surface area contributed by atoms with Gasteiger partial charge in [0.05, 0.1) is 6.54 Å². The predicted molar refractivity (Wildman–Crippen MR) is 85.4 cm³/mol. The number of fused-ring (bicyclic) bond motifs is 1. The molecule has 0 aliphatic rings. The Kier molecular flexibility index (Phi) is 3.90. The van der Waals surface area contributed by atoms with E-state index in [0.29, 0.717) is 11.4 Å². The SMILES string of the molecule is Cc1csc(=O)n1CCOC(=O)c1cc2ccccc2s1. The Labute approximate surface area is 129 Å². The van der Waals surface area contributed by atoms with Gasteiger partial charge in [0.25, 0.3) is 0 Å². The average Bonchev–Trinajstić information content (AvgIpc) is 3.04. The second-order valence-electron chi connectivity index (χ2n) is 4.58. The van der Waals surface area contributed by atoms with Crippen molar-refractivity contribution in [1.82, 2.24) is 4.57 Å². The fraction of sp³-hybridized carbons (Fsp3) is 0.200. The first kappa shape index (κ1) is 14.0. The zero-order chi connectivity index (χ0) is 14.8. The highest BCUT2D eigenvalue weighted by molar-refractivity contribution is 7.20. The number of carbonyl (C=O) groups is 1. The van der Waals surface area contributed by atoms with Gasteiger partial charge in [-0.15, -0.1) is 11.3 Å². The molecule has 2 heterocycles. The number of aromatic nitrogens is 1. The van der Waals surface area contributed by atoms with Crippen LogP contribution in [0.4, 0.5) is 0 Å². The fourth-order valence-electron chi connectivity index (χ4n) is 2.06. The van der Waals surface area contributed by atoms with Crippen molar-refractivity contribution in [3.8, 4) is 0 Å². The number of hydrogen-bond acceptors (Lipinski definition) is 5. The topological polar surface area (TPSA) is 48.3 Å². The lowest BCUT2D eigenvalue weighted by Gasteiger charge is -2.05. The summed E-state index contributed by atoms with van der Waals surface area (Å²) in [6.07, 6.45) is 0. The lowest BCUT2D eigenvalue weighted by molar-refractivity contribution is 0.0496. The number of carbonyl (C=O) groups excluding carboxylic acids is 1. The quantitative estimate of drug-likeness (QED) is 0.693. The summed E-state index contributed by atoms with van der Waals surface area (Å²) in [5.74, 6) is -0.336. The maximum absolute atomic E-state index is 12.0. The molecule has 0 aliphatic heterocycles. The van der Waals surface area contributed by atoms with Crippen molar-refractivity contribution in [2.75, 3.05) is 6.61 Å². The van der Waals surface area contributed by atoms with Crippen molar-refractivity contribution >= 4 is 38.7 Å². The van der Waals surface area contributed by atoms with Crippen molar-refractivity contribution in [2.45, 2.75) is 13.5 Å². The van der Waals surface area contributed by atoms with E-state index in [1.165, 1.54) is 11.3 Å². The number of benzene rings is 1. The molecule has 0 bridgehead atoms. The minimum absolute atomic E-state index is 0.0228. The van der Waals surface area contributed by atoms with Crippen molar-refractivity contribution in [3.63, 3.8) is 0 Å². The molecular formula is C15H13NO3S2. The molecule has 3 rings (SSSR count). The summed E-state index contributed by atoms with van der Waals surface area (Å²) in [5, 5.41) is 2.84. The van der Waals surface area contributed by atoms with Crippen molar-refractivity contribution in [1.29, 1.82) is 0 Å². The fourth-order valence-corrected chi connectivity index (χ4v) is 3.78. The van der Waals surface area contributed by atoms with Crippen LogP contribution in [0.1, 0.15) is 15.4 Å². The summed E-state index contributed by atoms with van der Waals surface area (Å²) in [4.78, 5) is 24.1. The Bertz CT molecular complexity index is 811. The summed E-state index contributed by atoms with van der Waals surface area (Å²) in [7, 11) is 0. The Hall–Kier alpha value is -1.92. The lowest BCUT2D eigenvalue weighted by atomic mass is 10.2. The number of esters is 1. The molecule has 108 valence electrons. The van der Waals surface area contributed by atoms with Crippen LogP contribution < -0.4 is 4.87 Å². The van der Waals surface area contributed by atoms with Crippen molar-refractivity contribution in [3.05, 3.63) is 56.0 Å². The molecule has 0 N–H and O–H groups in total. The van der Waals surface area contributed by atoms with Gasteiger partial charge in [-0.3, -0.25) is 9.36 Å². The summed E-state index contributed by atoms with van der Waals surface area (Å²) in [6.45, 7) is 2.46. The maximum atomic E-state index is 12.0. The smallest absolute Gasteiger partial charge is 0.348 e. The van der Waals surface area contributed by atoms with E-state index in [-0.39, 0.29) is 17.4 Å². The number of aryl methyl sites for hydroxylation is 1. The van der Waals surface area contributed by atoms with Crippen LogP contribution >= 0.6 is 22.7 Å². The molecule has 3 aromatic rings. The Morgan fingerprint density at radius 2 is 2.14 bits per heavy atom. The first-order chi connectivity index (χ1) is 10.1. The van der Waals surface area contributed by atoms with Crippen LogP contribution in [0.5, 0.6) is 0 Å². The van der Waals surface area contributed by atoms with E-state index >= 15 is 0 Å². The molecule has 6 heteroatoms. The maximum Gasteiger partial charge on any atom is 0.348 e. The third-order valence-corrected chi connectivity index (χ3v) is 5.13. The molecule has 0 fully saturated rings. The van der Waals surface area contributed by atoms with Gasteiger partial charge in [0, 0.05) is 15.8 Å². The van der Waals surface area contributed by atoms with E-state index in [1.54, 1.807) is 9.95 Å². The second-order valence-corrected chi connectivity index (χ2v) is 6.48. The van der Waals surface area contributed by atoms with E-state index < -0.39 is 0 Å². The van der Waals surface area contributed by atoms with Gasteiger partial charge in [-0.05, 0) is 24.4 Å². The highest BCUT2D eigenvalue weighted by Crippen LogP contribution is 2.25. The summed E-state index contributed by atoms with van der Waals surface area (Å²) >= 11 is 2.58. The summed E-state index contributed by atoms with van der Waals surface area (Å²) < 4.78 is 7.94. The Balaban J connectivity index is 1.65. The minimum Gasteiger partial charge on any atom is -0.460 e. The van der Waals surface area contributed by atoms with Gasteiger partial charge in [-0.1, -0.05) is 29.5 Å². The predicted octanol–water partition coefficient (Wildman–Crippen LogP) is 3.29. The van der Waals surface area contributed by atoms with Crippen molar-refractivity contribution < 1.29 is 9.53 Å². The van der Waals surface area contributed by atoms with Crippen LogP contribution in [-0.2, 0) is 11.3 Å². The molecule has 2 aromatic heterocycles. The zero-order valence-electron chi connectivity index (χ0n) is 11.4. The molecule has 0 radical (unpaired) electrons. The van der Waals surface area contributed by atoms with Gasteiger partial charge < -0.3 is 4.74 Å². The van der Waals surface area contributed by atoms with Crippen LogP contribution in [-0.4, -0.2) is 17.1 Å². The first-order valence-corrected chi connectivity index (χ1v) is 8.15. The molecule has 0 saturated heterocycles. The van der Waals surface area contributed by atoms with Crippen LogP contribution in [0.25, 0.3) is 10.1 Å². The molecule has 0 spiro atoms. The van der Waals surface area contributed by atoms with E-state index in [9.17, 15) is 9.59 Å². The van der Waals surface area contributed by atoms with E-state index in [4.69, 9.17) is 4.74 Å². The van der Waals surface area contributed by atoms with E-state index in [0.717, 1.165) is 27.1 Å². The van der Waals surface area contributed by atoms with Crippen LogP contribution in [0.3, 0.4) is 0 Å². The van der Waals surface area contributed by atoms with Crippen LogP contribution in [0.15, 0.2) is 40.5 Å². The van der Waals surface area contributed by atoms with Gasteiger partial charge in [-0.2, -0.15) is 0 Å². The second kappa shape index (κ2) is 5.83. The highest BCUT2D eigenvalue weighted by Gasteiger charge is 2.12. The number of nitrogens with zero attached hydrogens (tertiary/aromatic N) is 1. The summed E-state index contributed by atoms with van der Waals surface area (Å²) in [6, 6.07) is 9.67. The molecule has 21 heavy (non-hydrogen) atoms. The third kappa shape index (κ3) is 2.91. The van der Waals surface area contributed by atoms with E-state index in [1.807, 2.05) is 37.3 Å². The molecule has 0 saturated carbocycles. The Morgan fingerprint density at radius 3 is 2.86 bits per heavy atom. The first-order valence-electron chi connectivity index (χ1n) is 6.46. The molecule has 0 amide bonds. The molecule has 0 unspecified atom stereocenters. The monoisotopic (exact) mass is 319 g/mol. The van der Waals surface area contributed by atoms with Crippen molar-refractivity contribution in [2.24, 2.45) is 0 Å². The van der Waals surface area contributed by atoms with Gasteiger partial charge in [0.1, 0.15) is 11.5 Å². The third-order valence-electron chi connectivity index (χ3n) is 3.15. The number of thiophene rings is 1. The minimum atomic E-state index is -0.336.